The summed E-state index contributed by atoms with van der Waals surface area (Å²) in [5.74, 6) is 2.43. The number of hydrogen-bond donors (Lipinski definition) is 0. The fourth-order valence-electron chi connectivity index (χ4n) is 2.21. The molecule has 1 aliphatic heterocycles. The number of ether oxygens (including phenoxy) is 2. The fourth-order valence-corrected chi connectivity index (χ4v) is 3.20. The summed E-state index contributed by atoms with van der Waals surface area (Å²) in [6.07, 6.45) is 0. The number of nitrogens with zero attached hydrogens (tertiary/aromatic N) is 2. The first-order valence-electron chi connectivity index (χ1n) is 6.89. The molecule has 1 aliphatic rings. The Morgan fingerprint density at radius 3 is 2.83 bits per heavy atom. The molecular formula is C16H11ClN2O3S. The second-order valence-electron chi connectivity index (χ2n) is 4.84. The third-order valence-electron chi connectivity index (χ3n) is 3.28. The van der Waals surface area contributed by atoms with E-state index < -0.39 is 0 Å². The van der Waals surface area contributed by atoms with Crippen molar-refractivity contribution in [2.75, 3.05) is 6.79 Å². The normalized spacial score (nSPS) is 12.6. The van der Waals surface area contributed by atoms with Gasteiger partial charge < -0.3 is 13.9 Å². The molecule has 0 unspecified atom stereocenters. The van der Waals surface area contributed by atoms with Gasteiger partial charge >= 0.3 is 0 Å². The predicted octanol–water partition coefficient (Wildman–Crippen LogP) is 4.41. The zero-order valence-corrected chi connectivity index (χ0v) is 13.4. The van der Waals surface area contributed by atoms with Crippen molar-refractivity contribution in [2.45, 2.75) is 11.0 Å². The van der Waals surface area contributed by atoms with E-state index in [4.69, 9.17) is 25.5 Å². The van der Waals surface area contributed by atoms with Crippen LogP contribution in [0.5, 0.6) is 11.5 Å². The zero-order chi connectivity index (χ0) is 15.6. The maximum absolute atomic E-state index is 6.18. The molecule has 0 aliphatic carbocycles. The van der Waals surface area contributed by atoms with Gasteiger partial charge in [-0.3, -0.25) is 0 Å². The highest BCUT2D eigenvalue weighted by Crippen LogP contribution is 2.40. The molecule has 0 fully saturated rings. The summed E-state index contributed by atoms with van der Waals surface area (Å²) in [6, 6.07) is 13.4. The highest BCUT2D eigenvalue weighted by molar-refractivity contribution is 7.98. The molecule has 0 N–H and O–H groups in total. The van der Waals surface area contributed by atoms with E-state index in [0.717, 1.165) is 11.1 Å². The van der Waals surface area contributed by atoms with Gasteiger partial charge in [-0.05, 0) is 29.8 Å². The summed E-state index contributed by atoms with van der Waals surface area (Å²) in [4.78, 5) is 0. The summed E-state index contributed by atoms with van der Waals surface area (Å²) in [6.45, 7) is 0.204. The van der Waals surface area contributed by atoms with Crippen LogP contribution < -0.4 is 9.47 Å². The minimum absolute atomic E-state index is 0.204. The van der Waals surface area contributed by atoms with Crippen molar-refractivity contribution in [3.63, 3.8) is 0 Å². The Morgan fingerprint density at radius 1 is 1.09 bits per heavy atom. The maximum atomic E-state index is 6.18. The second-order valence-corrected chi connectivity index (χ2v) is 6.17. The molecule has 2 heterocycles. The van der Waals surface area contributed by atoms with Crippen LogP contribution in [-0.2, 0) is 5.75 Å². The lowest BCUT2D eigenvalue weighted by Crippen LogP contribution is -1.93. The third kappa shape index (κ3) is 3.00. The fraction of sp³-hybridized carbons (Fsp3) is 0.125. The Kier molecular flexibility index (Phi) is 3.85. The monoisotopic (exact) mass is 346 g/mol. The largest absolute Gasteiger partial charge is 0.454 e. The molecular weight excluding hydrogens is 336 g/mol. The molecule has 0 atom stereocenters. The van der Waals surface area contributed by atoms with Crippen LogP contribution in [0.1, 0.15) is 5.56 Å². The molecule has 0 radical (unpaired) electrons. The van der Waals surface area contributed by atoms with E-state index in [2.05, 4.69) is 10.2 Å². The van der Waals surface area contributed by atoms with Crippen LogP contribution in [0.3, 0.4) is 0 Å². The van der Waals surface area contributed by atoms with E-state index in [1.165, 1.54) is 11.8 Å². The Bertz CT molecular complexity index is 839. The van der Waals surface area contributed by atoms with Crippen molar-refractivity contribution in [2.24, 2.45) is 0 Å². The lowest BCUT2D eigenvalue weighted by atomic mass is 10.2. The van der Waals surface area contributed by atoms with E-state index in [0.29, 0.717) is 33.4 Å². The number of benzene rings is 2. The number of aromatic nitrogens is 2. The lowest BCUT2D eigenvalue weighted by molar-refractivity contribution is 0.174. The molecule has 3 aromatic rings. The first kappa shape index (κ1) is 14.4. The maximum Gasteiger partial charge on any atom is 0.277 e. The minimum Gasteiger partial charge on any atom is -0.454 e. The van der Waals surface area contributed by atoms with Gasteiger partial charge in [0, 0.05) is 11.3 Å². The van der Waals surface area contributed by atoms with Crippen LogP contribution >= 0.6 is 23.4 Å². The summed E-state index contributed by atoms with van der Waals surface area (Å²) >= 11 is 7.62. The standard InChI is InChI=1S/C16H11ClN2O3S/c17-12-6-10(7-13-14(12)21-9-20-13)8-23-16-19-18-15(22-16)11-4-2-1-3-5-11/h1-7H,8-9H2. The van der Waals surface area contributed by atoms with Gasteiger partial charge in [-0.2, -0.15) is 0 Å². The van der Waals surface area contributed by atoms with Crippen molar-refractivity contribution in [3.05, 3.63) is 53.1 Å². The number of halogens is 1. The molecule has 0 saturated carbocycles. The van der Waals surface area contributed by atoms with Crippen LogP contribution in [0.4, 0.5) is 0 Å². The van der Waals surface area contributed by atoms with Gasteiger partial charge in [-0.1, -0.05) is 41.6 Å². The number of fused-ring (bicyclic) bond motifs is 1. The van der Waals surface area contributed by atoms with Crippen molar-refractivity contribution in [1.29, 1.82) is 0 Å². The first-order valence-corrected chi connectivity index (χ1v) is 8.26. The van der Waals surface area contributed by atoms with Crippen LogP contribution in [0.25, 0.3) is 11.5 Å². The highest BCUT2D eigenvalue weighted by Gasteiger charge is 2.18. The Balaban J connectivity index is 1.48. The quantitative estimate of drug-likeness (QED) is 0.652. The van der Waals surface area contributed by atoms with Crippen LogP contribution in [0, 0.1) is 0 Å². The average Bonchev–Trinajstić information content (AvgIpc) is 3.23. The van der Waals surface area contributed by atoms with Gasteiger partial charge in [0.1, 0.15) is 0 Å². The van der Waals surface area contributed by atoms with Gasteiger partial charge in [-0.15, -0.1) is 10.2 Å². The molecule has 23 heavy (non-hydrogen) atoms. The highest BCUT2D eigenvalue weighted by atomic mass is 35.5. The van der Waals surface area contributed by atoms with E-state index in [9.17, 15) is 0 Å². The van der Waals surface area contributed by atoms with Gasteiger partial charge in [0.15, 0.2) is 11.5 Å². The molecule has 1 aromatic heterocycles. The third-order valence-corrected chi connectivity index (χ3v) is 4.45. The summed E-state index contributed by atoms with van der Waals surface area (Å²) < 4.78 is 16.3. The molecule has 2 aromatic carbocycles. The predicted molar refractivity (Wildman–Crippen MR) is 86.9 cm³/mol. The molecule has 0 spiro atoms. The van der Waals surface area contributed by atoms with E-state index in [-0.39, 0.29) is 6.79 Å². The smallest absolute Gasteiger partial charge is 0.277 e. The van der Waals surface area contributed by atoms with Gasteiger partial charge in [0.2, 0.25) is 12.7 Å². The summed E-state index contributed by atoms with van der Waals surface area (Å²) in [5.41, 5.74) is 1.90. The Morgan fingerprint density at radius 2 is 1.96 bits per heavy atom. The van der Waals surface area contributed by atoms with Crippen molar-refractivity contribution in [1.82, 2.24) is 10.2 Å². The van der Waals surface area contributed by atoms with Crippen LogP contribution in [0.2, 0.25) is 5.02 Å². The van der Waals surface area contributed by atoms with Gasteiger partial charge in [-0.25, -0.2) is 0 Å². The summed E-state index contributed by atoms with van der Waals surface area (Å²) in [7, 11) is 0. The van der Waals surface area contributed by atoms with E-state index >= 15 is 0 Å². The van der Waals surface area contributed by atoms with E-state index in [1.54, 1.807) is 0 Å². The van der Waals surface area contributed by atoms with Gasteiger partial charge in [0.05, 0.1) is 5.02 Å². The van der Waals surface area contributed by atoms with Gasteiger partial charge in [0.25, 0.3) is 5.22 Å². The lowest BCUT2D eigenvalue weighted by Gasteiger charge is -2.03. The Labute approximate surface area is 141 Å². The molecule has 0 amide bonds. The molecule has 116 valence electrons. The van der Waals surface area contributed by atoms with Crippen LogP contribution in [0.15, 0.2) is 52.1 Å². The molecule has 7 heteroatoms. The minimum atomic E-state index is 0.204. The SMILES string of the molecule is Clc1cc(CSc2nnc(-c3ccccc3)o2)cc2c1OCO2. The zero-order valence-electron chi connectivity index (χ0n) is 11.9. The van der Waals surface area contributed by atoms with Crippen LogP contribution in [-0.4, -0.2) is 17.0 Å². The number of thioether (sulfide) groups is 1. The molecule has 0 saturated heterocycles. The first-order chi connectivity index (χ1) is 11.3. The number of rotatable bonds is 4. The number of hydrogen-bond acceptors (Lipinski definition) is 6. The van der Waals surface area contributed by atoms with Crippen molar-refractivity contribution >= 4 is 23.4 Å². The van der Waals surface area contributed by atoms with Crippen molar-refractivity contribution in [3.8, 4) is 23.0 Å². The summed E-state index contributed by atoms with van der Waals surface area (Å²) in [5, 5.41) is 9.18. The van der Waals surface area contributed by atoms with Crippen molar-refractivity contribution < 1.29 is 13.9 Å². The molecule has 5 nitrogen and oxygen atoms in total. The molecule has 0 bridgehead atoms. The topological polar surface area (TPSA) is 57.4 Å². The second kappa shape index (κ2) is 6.14. The molecule has 4 rings (SSSR count). The average molecular weight is 347 g/mol. The Hall–Kier alpha value is -2.18. The van der Waals surface area contributed by atoms with E-state index in [1.807, 2.05) is 42.5 Å².